The van der Waals surface area contributed by atoms with Crippen LogP contribution in [0.25, 0.3) is 0 Å². The molecule has 8 nitrogen and oxygen atoms in total. The molecule has 1 amide bonds. The van der Waals surface area contributed by atoms with E-state index in [1.54, 1.807) is 0 Å². The maximum Gasteiger partial charge on any atom is 0.311 e. The van der Waals surface area contributed by atoms with Crippen LogP contribution in [0.2, 0.25) is 0 Å². The Morgan fingerprint density at radius 3 is 2.78 bits per heavy atom. The second-order valence-electron chi connectivity index (χ2n) is 7.31. The van der Waals surface area contributed by atoms with E-state index in [0.717, 1.165) is 31.1 Å². The molecular weight excluding hydrogens is 450 g/mol. The van der Waals surface area contributed by atoms with E-state index in [-0.39, 0.29) is 24.0 Å². The molecule has 0 aliphatic heterocycles. The summed E-state index contributed by atoms with van der Waals surface area (Å²) < 4.78 is 11.2. The van der Waals surface area contributed by atoms with Crippen LogP contribution in [0.5, 0.6) is 5.75 Å². The molecule has 0 unspecified atom stereocenters. The largest absolute Gasteiger partial charge is 0.464 e. The number of esters is 1. The zero-order valence-corrected chi connectivity index (χ0v) is 18.7. The highest BCUT2D eigenvalue weighted by Gasteiger charge is 2.30. The monoisotopic (exact) mass is 471 g/mol. The van der Waals surface area contributed by atoms with E-state index >= 15 is 0 Å². The number of anilines is 1. The van der Waals surface area contributed by atoms with Crippen LogP contribution in [0.3, 0.4) is 0 Å². The van der Waals surface area contributed by atoms with Crippen molar-refractivity contribution in [2.75, 3.05) is 5.32 Å². The van der Waals surface area contributed by atoms with Crippen LogP contribution in [0, 0.1) is 5.92 Å². The van der Waals surface area contributed by atoms with Crippen molar-refractivity contribution in [1.82, 2.24) is 10.2 Å². The number of thioether (sulfide) groups is 1. The predicted octanol–water partition coefficient (Wildman–Crippen LogP) is 4.06. The highest BCUT2D eigenvalue weighted by Crippen LogP contribution is 2.32. The predicted molar refractivity (Wildman–Crippen MR) is 121 cm³/mol. The molecule has 0 spiro atoms. The van der Waals surface area contributed by atoms with E-state index < -0.39 is 11.4 Å². The fourth-order valence-electron chi connectivity index (χ4n) is 2.85. The molecule has 0 atom stereocenters. The molecule has 3 aromatic rings. The Morgan fingerprint density at radius 1 is 1.22 bits per heavy atom. The lowest BCUT2D eigenvalue weighted by molar-refractivity contribution is -0.134. The summed E-state index contributed by atoms with van der Waals surface area (Å²) in [4.78, 5) is 36.1. The molecule has 166 valence electrons. The van der Waals surface area contributed by atoms with Crippen molar-refractivity contribution < 1.29 is 18.7 Å². The summed E-state index contributed by atoms with van der Waals surface area (Å²) in [5.41, 5.74) is 0.729. The Balaban J connectivity index is 1.23. The summed E-state index contributed by atoms with van der Waals surface area (Å²) in [5, 5.41) is 11.2. The van der Waals surface area contributed by atoms with Gasteiger partial charge in [0, 0.05) is 18.4 Å². The SMILES string of the molecule is O=C(CCCc1ccccc1)Oc1coc(CSc2nnc(NC(=O)C3CC3)s2)cc1=O. The molecular formula is C22H21N3O5S2. The van der Waals surface area contributed by atoms with Gasteiger partial charge in [-0.15, -0.1) is 10.2 Å². The molecule has 2 aromatic heterocycles. The first kappa shape index (κ1) is 22.2. The second kappa shape index (κ2) is 10.6. The first-order valence-electron chi connectivity index (χ1n) is 10.2. The Labute approximate surface area is 192 Å². The first-order chi connectivity index (χ1) is 15.6. The quantitative estimate of drug-likeness (QED) is 0.268. The number of amides is 1. The molecule has 1 N–H and O–H groups in total. The van der Waals surface area contributed by atoms with Gasteiger partial charge in [-0.3, -0.25) is 14.4 Å². The summed E-state index contributed by atoms with van der Waals surface area (Å²) in [6.07, 6.45) is 4.61. The Bertz CT molecular complexity index is 1140. The van der Waals surface area contributed by atoms with Crippen LogP contribution in [0.4, 0.5) is 5.13 Å². The van der Waals surface area contributed by atoms with Gasteiger partial charge >= 0.3 is 5.97 Å². The molecule has 0 saturated heterocycles. The van der Waals surface area contributed by atoms with Gasteiger partial charge in [0.1, 0.15) is 12.0 Å². The summed E-state index contributed by atoms with van der Waals surface area (Å²) in [7, 11) is 0. The van der Waals surface area contributed by atoms with Gasteiger partial charge in [0.25, 0.3) is 0 Å². The van der Waals surface area contributed by atoms with E-state index in [4.69, 9.17) is 9.15 Å². The van der Waals surface area contributed by atoms with Crippen LogP contribution in [-0.4, -0.2) is 22.1 Å². The molecule has 32 heavy (non-hydrogen) atoms. The zero-order valence-electron chi connectivity index (χ0n) is 17.1. The summed E-state index contributed by atoms with van der Waals surface area (Å²) in [6, 6.07) is 11.2. The smallest absolute Gasteiger partial charge is 0.311 e. The van der Waals surface area contributed by atoms with Gasteiger partial charge in [-0.2, -0.15) is 0 Å². The van der Waals surface area contributed by atoms with E-state index in [0.29, 0.717) is 27.4 Å². The molecule has 10 heteroatoms. The van der Waals surface area contributed by atoms with E-state index in [1.165, 1.54) is 29.2 Å². The van der Waals surface area contributed by atoms with Gasteiger partial charge in [0.05, 0.1) is 5.75 Å². The van der Waals surface area contributed by atoms with Crippen molar-refractivity contribution in [3.8, 4) is 5.75 Å². The molecule has 1 fully saturated rings. The lowest BCUT2D eigenvalue weighted by Gasteiger charge is -2.04. The van der Waals surface area contributed by atoms with E-state index in [1.807, 2.05) is 30.3 Å². The van der Waals surface area contributed by atoms with Crippen molar-refractivity contribution in [3.05, 3.63) is 64.2 Å². The van der Waals surface area contributed by atoms with Gasteiger partial charge < -0.3 is 14.5 Å². The lowest BCUT2D eigenvalue weighted by atomic mass is 10.1. The van der Waals surface area contributed by atoms with Gasteiger partial charge in [0.15, 0.2) is 4.34 Å². The number of carbonyl (C=O) groups excluding carboxylic acids is 2. The number of nitrogens with zero attached hydrogens (tertiary/aromatic N) is 2. The molecule has 0 bridgehead atoms. The van der Waals surface area contributed by atoms with Gasteiger partial charge in [-0.05, 0) is 31.2 Å². The molecule has 1 aromatic carbocycles. The minimum absolute atomic E-state index is 0.0195. The molecule has 2 heterocycles. The molecule has 1 aliphatic rings. The number of ether oxygens (including phenoxy) is 1. The number of hydrogen-bond donors (Lipinski definition) is 1. The van der Waals surface area contributed by atoms with Crippen molar-refractivity contribution in [2.45, 2.75) is 42.2 Å². The van der Waals surface area contributed by atoms with Crippen molar-refractivity contribution in [1.29, 1.82) is 0 Å². The van der Waals surface area contributed by atoms with Gasteiger partial charge in [-0.25, -0.2) is 0 Å². The first-order valence-corrected chi connectivity index (χ1v) is 12.0. The third-order valence-electron chi connectivity index (χ3n) is 4.69. The average molecular weight is 472 g/mol. The minimum Gasteiger partial charge on any atom is -0.464 e. The summed E-state index contributed by atoms with van der Waals surface area (Å²) in [6.45, 7) is 0. The molecule has 4 rings (SSSR count). The number of carbonyl (C=O) groups is 2. The van der Waals surface area contributed by atoms with Crippen LogP contribution < -0.4 is 15.5 Å². The number of aryl methyl sites for hydroxylation is 1. The fraction of sp³-hybridized carbons (Fsp3) is 0.318. The number of aromatic nitrogens is 2. The molecule has 1 aliphatic carbocycles. The van der Waals surface area contributed by atoms with Crippen molar-refractivity contribution >= 4 is 40.1 Å². The van der Waals surface area contributed by atoms with E-state index in [9.17, 15) is 14.4 Å². The molecule has 1 saturated carbocycles. The zero-order chi connectivity index (χ0) is 22.3. The van der Waals surface area contributed by atoms with E-state index in [2.05, 4.69) is 15.5 Å². The van der Waals surface area contributed by atoms with Crippen LogP contribution in [0.15, 0.2) is 56.2 Å². The Morgan fingerprint density at radius 2 is 2.03 bits per heavy atom. The number of hydrogen-bond acceptors (Lipinski definition) is 9. The lowest BCUT2D eigenvalue weighted by Crippen LogP contribution is -2.14. The van der Waals surface area contributed by atoms with Crippen LogP contribution in [-0.2, 0) is 21.8 Å². The maximum absolute atomic E-state index is 12.3. The highest BCUT2D eigenvalue weighted by molar-refractivity contribution is 8.00. The number of rotatable bonds is 10. The van der Waals surface area contributed by atoms with Crippen molar-refractivity contribution in [3.63, 3.8) is 0 Å². The van der Waals surface area contributed by atoms with Crippen LogP contribution in [0.1, 0.15) is 37.0 Å². The normalized spacial score (nSPS) is 13.0. The average Bonchev–Trinajstić information content (AvgIpc) is 3.55. The second-order valence-corrected chi connectivity index (χ2v) is 9.51. The third-order valence-corrected chi connectivity index (χ3v) is 6.68. The van der Waals surface area contributed by atoms with Gasteiger partial charge in [-0.1, -0.05) is 53.4 Å². The number of nitrogens with one attached hydrogen (secondary N) is 1. The maximum atomic E-state index is 12.3. The third kappa shape index (κ3) is 6.51. The summed E-state index contributed by atoms with van der Waals surface area (Å²) in [5.74, 6) is 0.262. The minimum atomic E-state index is -0.468. The summed E-state index contributed by atoms with van der Waals surface area (Å²) >= 11 is 2.60. The van der Waals surface area contributed by atoms with Gasteiger partial charge in [0.2, 0.25) is 22.2 Å². The standard InChI is InChI=1S/C22H21N3O5S2/c26-17-11-16(13-31-22-25-24-21(32-22)23-20(28)15-9-10-15)29-12-18(17)30-19(27)8-4-7-14-5-2-1-3-6-14/h1-3,5-6,11-12,15H,4,7-10,13H2,(H,23,24,28). The molecule has 0 radical (unpaired) electrons. The Kier molecular flexibility index (Phi) is 7.33. The van der Waals surface area contributed by atoms with Crippen molar-refractivity contribution in [2.24, 2.45) is 5.92 Å². The van der Waals surface area contributed by atoms with Crippen LogP contribution >= 0.6 is 23.1 Å². The topological polar surface area (TPSA) is 111 Å². The Hall–Kier alpha value is -2.98. The highest BCUT2D eigenvalue weighted by atomic mass is 32.2. The fourth-order valence-corrected chi connectivity index (χ4v) is 4.49. The number of benzene rings is 1.